The number of piperidine rings is 1. The number of anilines is 1. The maximum Gasteiger partial charge on any atom is 0.273 e. The molecule has 2 aromatic heterocycles. The number of hydrogen-bond acceptors (Lipinski definition) is 10. The Morgan fingerprint density at radius 1 is 1.07 bits per heavy atom. The molecular formula is C29H29N9O3. The van der Waals surface area contributed by atoms with Crippen LogP contribution in [0, 0.1) is 0 Å². The second-order valence-corrected chi connectivity index (χ2v) is 10.6. The molecule has 0 spiro atoms. The van der Waals surface area contributed by atoms with Crippen molar-refractivity contribution in [3.63, 3.8) is 0 Å². The van der Waals surface area contributed by atoms with Gasteiger partial charge in [0, 0.05) is 56.6 Å². The number of hydrazine groups is 2. The lowest BCUT2D eigenvalue weighted by atomic mass is 9.85. The molecule has 41 heavy (non-hydrogen) atoms. The summed E-state index contributed by atoms with van der Waals surface area (Å²) < 4.78 is 5.95. The first kappa shape index (κ1) is 25.2. The van der Waals surface area contributed by atoms with Gasteiger partial charge in [-0.25, -0.2) is 10.5 Å². The van der Waals surface area contributed by atoms with E-state index in [2.05, 4.69) is 48.4 Å². The average Bonchev–Trinajstić information content (AvgIpc) is 3.59. The lowest BCUT2D eigenvalue weighted by molar-refractivity contribution is -0.114. The zero-order chi connectivity index (χ0) is 28.1. The summed E-state index contributed by atoms with van der Waals surface area (Å²) in [7, 11) is 1.87. The van der Waals surface area contributed by atoms with Gasteiger partial charge in [0.2, 0.25) is 11.8 Å². The zero-order valence-corrected chi connectivity index (χ0v) is 22.6. The highest BCUT2D eigenvalue weighted by Gasteiger charge is 2.50. The summed E-state index contributed by atoms with van der Waals surface area (Å²) in [5.41, 5.74) is 10.3. The fourth-order valence-electron chi connectivity index (χ4n) is 5.98. The normalized spacial score (nSPS) is 21.0. The lowest BCUT2D eigenvalue weighted by Gasteiger charge is -2.57. The number of amides is 2. The second kappa shape index (κ2) is 9.98. The number of nitrogens with zero attached hydrogens (tertiary/aromatic N) is 6. The highest BCUT2D eigenvalue weighted by molar-refractivity contribution is 5.95. The molecule has 208 valence electrons. The van der Waals surface area contributed by atoms with E-state index in [4.69, 9.17) is 4.42 Å². The van der Waals surface area contributed by atoms with E-state index in [1.807, 2.05) is 30.1 Å². The van der Waals surface area contributed by atoms with Crippen molar-refractivity contribution in [2.45, 2.75) is 31.5 Å². The van der Waals surface area contributed by atoms with E-state index in [0.29, 0.717) is 33.9 Å². The number of hydrogen-bond donors (Lipinski definition) is 3. The number of carbonyl (C=O) groups is 2. The largest absolute Gasteiger partial charge is 0.436 e. The van der Waals surface area contributed by atoms with E-state index in [1.165, 1.54) is 6.92 Å². The Bertz CT molecular complexity index is 1660. The summed E-state index contributed by atoms with van der Waals surface area (Å²) in [6.07, 6.45) is 2.57. The molecule has 2 bridgehead atoms. The molecule has 3 fully saturated rings. The number of oxazole rings is 1. The number of piperazine rings is 1. The van der Waals surface area contributed by atoms with Crippen molar-refractivity contribution in [3.8, 4) is 11.5 Å². The van der Waals surface area contributed by atoms with Gasteiger partial charge in [0.25, 0.3) is 5.91 Å². The Balaban J connectivity index is 1.09. The van der Waals surface area contributed by atoms with Gasteiger partial charge in [0.15, 0.2) is 11.4 Å². The molecule has 4 aliphatic heterocycles. The van der Waals surface area contributed by atoms with Crippen LogP contribution in [0.5, 0.6) is 0 Å². The topological polar surface area (TPSA) is 131 Å². The third-order valence-electron chi connectivity index (χ3n) is 7.73. The third kappa shape index (κ3) is 4.66. The van der Waals surface area contributed by atoms with Crippen molar-refractivity contribution in [2.24, 2.45) is 5.10 Å². The van der Waals surface area contributed by atoms with Crippen molar-refractivity contribution in [3.05, 3.63) is 78.1 Å². The van der Waals surface area contributed by atoms with Crippen molar-refractivity contribution in [1.29, 1.82) is 0 Å². The number of rotatable bonds is 6. The minimum atomic E-state index is -0.159. The second-order valence-electron chi connectivity index (χ2n) is 10.6. The molecule has 2 aromatic carbocycles. The molecule has 8 rings (SSSR count). The number of benzene rings is 2. The van der Waals surface area contributed by atoms with Crippen LogP contribution in [-0.2, 0) is 4.79 Å². The van der Waals surface area contributed by atoms with Crippen molar-refractivity contribution in [2.75, 3.05) is 25.5 Å². The Hall–Kier alpha value is -4.81. The van der Waals surface area contributed by atoms with E-state index < -0.39 is 0 Å². The Morgan fingerprint density at radius 3 is 2.61 bits per heavy atom. The third-order valence-corrected chi connectivity index (χ3v) is 7.73. The van der Waals surface area contributed by atoms with Crippen molar-refractivity contribution < 1.29 is 14.0 Å². The van der Waals surface area contributed by atoms with Crippen LogP contribution < -0.4 is 16.3 Å². The number of amidine groups is 1. The molecule has 2 amide bonds. The standard InChI is InChI=1S/C29H29N9O3/c1-17(39)31-20-8-9-25-23(13-20)32-28(41-25)19-10-11-30-24(12-19)29(40)38-21-14-22(38)16-37(15-21)26(18-6-4-3-5-7-18)27-33-35-36(2)34-27/h3-13,21-22,26,35H,14-16H2,1-2H3,(H,31,39)(H,33,34). The van der Waals surface area contributed by atoms with Gasteiger partial charge in [-0.2, -0.15) is 0 Å². The predicted molar refractivity (Wildman–Crippen MR) is 152 cm³/mol. The van der Waals surface area contributed by atoms with Gasteiger partial charge in [-0.15, -0.1) is 10.2 Å². The average molecular weight is 552 g/mol. The molecule has 3 atom stereocenters. The first-order valence-corrected chi connectivity index (χ1v) is 13.5. The van der Waals surface area contributed by atoms with Gasteiger partial charge in [-0.3, -0.25) is 24.9 Å². The van der Waals surface area contributed by atoms with Gasteiger partial charge < -0.3 is 14.6 Å². The molecular weight excluding hydrogens is 522 g/mol. The summed E-state index contributed by atoms with van der Waals surface area (Å²) in [6, 6.07) is 19.2. The van der Waals surface area contributed by atoms with E-state index in [0.717, 1.165) is 30.9 Å². The zero-order valence-electron chi connectivity index (χ0n) is 22.6. The number of carbonyl (C=O) groups excluding carboxylic acids is 2. The first-order valence-electron chi connectivity index (χ1n) is 13.5. The van der Waals surface area contributed by atoms with E-state index in [1.54, 1.807) is 41.6 Å². The number of hydrazone groups is 1. The molecule has 12 heteroatoms. The fraction of sp³-hybridized carbons (Fsp3) is 0.276. The number of aromatic nitrogens is 2. The maximum absolute atomic E-state index is 13.7. The Kier molecular flexibility index (Phi) is 6.13. The highest BCUT2D eigenvalue weighted by atomic mass is 16.3. The first-order chi connectivity index (χ1) is 19.9. The Labute approximate surface area is 236 Å². The van der Waals surface area contributed by atoms with Crippen LogP contribution in [0.4, 0.5) is 5.69 Å². The number of pyridine rings is 1. The van der Waals surface area contributed by atoms with Crippen LogP contribution in [0.25, 0.3) is 22.6 Å². The van der Waals surface area contributed by atoms with Gasteiger partial charge in [0.05, 0.1) is 6.04 Å². The lowest BCUT2D eigenvalue weighted by Crippen LogP contribution is -2.71. The molecule has 0 radical (unpaired) electrons. The monoisotopic (exact) mass is 551 g/mol. The fourth-order valence-corrected chi connectivity index (χ4v) is 5.98. The molecule has 12 nitrogen and oxygen atoms in total. The predicted octanol–water partition coefficient (Wildman–Crippen LogP) is 2.76. The van der Waals surface area contributed by atoms with Gasteiger partial charge in [-0.05, 0) is 42.3 Å². The summed E-state index contributed by atoms with van der Waals surface area (Å²) in [5, 5.41) is 8.98. The van der Waals surface area contributed by atoms with E-state index in [9.17, 15) is 9.59 Å². The SMILES string of the molecule is CC(=O)Nc1ccc2oc(-c3ccnc(C(=O)N4C5CC4CN(C(C4=NNN(C)N4)c4ccccc4)C5)c3)nc2c1. The molecule has 0 aliphatic carbocycles. The minimum absolute atomic E-state index is 0.0528. The van der Waals surface area contributed by atoms with Crippen LogP contribution in [0.1, 0.15) is 35.4 Å². The van der Waals surface area contributed by atoms with Crippen molar-refractivity contribution in [1.82, 2.24) is 35.8 Å². The van der Waals surface area contributed by atoms with Gasteiger partial charge >= 0.3 is 0 Å². The molecule has 4 aliphatic rings. The van der Waals surface area contributed by atoms with Gasteiger partial charge in [0.1, 0.15) is 11.2 Å². The smallest absolute Gasteiger partial charge is 0.273 e. The number of nitrogens with one attached hydrogen (secondary N) is 3. The summed E-state index contributed by atoms with van der Waals surface area (Å²) in [4.78, 5) is 38.4. The van der Waals surface area contributed by atoms with Crippen LogP contribution >= 0.6 is 0 Å². The maximum atomic E-state index is 13.7. The molecule has 4 aromatic rings. The quantitative estimate of drug-likeness (QED) is 0.331. The van der Waals surface area contributed by atoms with E-state index >= 15 is 0 Å². The Morgan fingerprint density at radius 2 is 1.88 bits per heavy atom. The number of fused-ring (bicyclic) bond motifs is 3. The molecule has 3 N–H and O–H groups in total. The van der Waals surface area contributed by atoms with Crippen LogP contribution in [0.2, 0.25) is 0 Å². The van der Waals surface area contributed by atoms with Crippen LogP contribution in [0.15, 0.2) is 76.4 Å². The highest BCUT2D eigenvalue weighted by Crippen LogP contribution is 2.38. The van der Waals surface area contributed by atoms with Crippen LogP contribution in [-0.4, -0.2) is 74.8 Å². The van der Waals surface area contributed by atoms with Crippen LogP contribution in [0.3, 0.4) is 0 Å². The summed E-state index contributed by atoms with van der Waals surface area (Å²) in [5.74, 6) is 0.967. The van der Waals surface area contributed by atoms with Crippen molar-refractivity contribution >= 4 is 34.4 Å². The molecule has 0 saturated carbocycles. The van der Waals surface area contributed by atoms with E-state index in [-0.39, 0.29) is 29.9 Å². The molecule has 3 unspecified atom stereocenters. The van der Waals surface area contributed by atoms with Gasteiger partial charge in [-0.1, -0.05) is 30.3 Å². The minimum Gasteiger partial charge on any atom is -0.436 e. The molecule has 3 saturated heterocycles. The summed E-state index contributed by atoms with van der Waals surface area (Å²) in [6.45, 7) is 2.92. The molecule has 6 heterocycles. The summed E-state index contributed by atoms with van der Waals surface area (Å²) >= 11 is 0.